The summed E-state index contributed by atoms with van der Waals surface area (Å²) in [5.41, 5.74) is 0.909. The second-order valence-corrected chi connectivity index (χ2v) is 4.69. The second kappa shape index (κ2) is 5.96. The number of ether oxygens (including phenoxy) is 2. The van der Waals surface area contributed by atoms with Crippen LogP contribution < -0.4 is 14.8 Å². The van der Waals surface area contributed by atoms with E-state index in [1.165, 1.54) is 12.8 Å². The molecule has 0 spiro atoms. The van der Waals surface area contributed by atoms with Gasteiger partial charge in [0.15, 0.2) is 11.5 Å². The number of nitrogens with one attached hydrogen (secondary N) is 1. The molecule has 1 saturated heterocycles. The monoisotopic (exact) mass is 251 g/mol. The predicted molar refractivity (Wildman–Crippen MR) is 70.6 cm³/mol. The first kappa shape index (κ1) is 13.0. The Hall–Kier alpha value is -1.42. The zero-order valence-corrected chi connectivity index (χ0v) is 11.0. The van der Waals surface area contributed by atoms with Crippen LogP contribution >= 0.6 is 0 Å². The molecule has 100 valence electrons. The van der Waals surface area contributed by atoms with Crippen LogP contribution in [0.15, 0.2) is 12.1 Å². The molecule has 0 aliphatic carbocycles. The zero-order chi connectivity index (χ0) is 13.0. The van der Waals surface area contributed by atoms with Crippen LogP contribution in [0.25, 0.3) is 0 Å². The van der Waals surface area contributed by atoms with Gasteiger partial charge in [-0.3, -0.25) is 0 Å². The lowest BCUT2D eigenvalue weighted by atomic mass is 9.97. The molecule has 0 amide bonds. The van der Waals surface area contributed by atoms with Gasteiger partial charge in [-0.05, 0) is 37.4 Å². The third kappa shape index (κ3) is 2.88. The smallest absolute Gasteiger partial charge is 0.164 e. The molecule has 1 aliphatic rings. The van der Waals surface area contributed by atoms with E-state index < -0.39 is 0 Å². The van der Waals surface area contributed by atoms with Crippen LogP contribution in [0.1, 0.15) is 24.8 Å². The van der Waals surface area contributed by atoms with E-state index in [1.54, 1.807) is 20.3 Å². The van der Waals surface area contributed by atoms with Gasteiger partial charge in [-0.25, -0.2) is 0 Å². The number of phenols is 1. The van der Waals surface area contributed by atoms with Crippen molar-refractivity contribution in [3.8, 4) is 17.2 Å². The van der Waals surface area contributed by atoms with Crippen LogP contribution in [0, 0.1) is 0 Å². The summed E-state index contributed by atoms with van der Waals surface area (Å²) in [6, 6.07) is 3.93. The van der Waals surface area contributed by atoms with Gasteiger partial charge in [0.25, 0.3) is 0 Å². The molecule has 2 N–H and O–H groups in total. The van der Waals surface area contributed by atoms with Crippen molar-refractivity contribution in [2.45, 2.75) is 31.7 Å². The molecule has 1 aliphatic heterocycles. The third-order valence-corrected chi connectivity index (χ3v) is 3.46. The Labute approximate surface area is 108 Å². The van der Waals surface area contributed by atoms with Gasteiger partial charge in [-0.1, -0.05) is 6.42 Å². The van der Waals surface area contributed by atoms with Crippen LogP contribution in [0.3, 0.4) is 0 Å². The number of phenolic OH excluding ortho intramolecular Hbond substituents is 1. The Morgan fingerprint density at radius 1 is 1.22 bits per heavy atom. The van der Waals surface area contributed by atoms with E-state index in [1.807, 2.05) is 6.07 Å². The first-order valence-electron chi connectivity index (χ1n) is 6.42. The maximum absolute atomic E-state index is 10.0. The van der Waals surface area contributed by atoms with Gasteiger partial charge in [-0.15, -0.1) is 0 Å². The minimum Gasteiger partial charge on any atom is -0.508 e. The summed E-state index contributed by atoms with van der Waals surface area (Å²) < 4.78 is 10.4. The number of hydrogen-bond acceptors (Lipinski definition) is 4. The summed E-state index contributed by atoms with van der Waals surface area (Å²) in [7, 11) is 3.18. The first-order valence-corrected chi connectivity index (χ1v) is 6.42. The minimum absolute atomic E-state index is 0.278. The number of aromatic hydroxyl groups is 1. The Morgan fingerprint density at radius 2 is 1.94 bits per heavy atom. The lowest BCUT2D eigenvalue weighted by Gasteiger charge is -2.24. The van der Waals surface area contributed by atoms with Crippen molar-refractivity contribution < 1.29 is 14.6 Å². The van der Waals surface area contributed by atoms with Crippen molar-refractivity contribution in [2.75, 3.05) is 20.8 Å². The van der Waals surface area contributed by atoms with Crippen molar-refractivity contribution >= 4 is 0 Å². The summed E-state index contributed by atoms with van der Waals surface area (Å²) >= 11 is 0. The van der Waals surface area contributed by atoms with Crippen LogP contribution in [-0.2, 0) is 6.42 Å². The normalized spacial score (nSPS) is 19.6. The fraction of sp³-hybridized carbons (Fsp3) is 0.571. The third-order valence-electron chi connectivity index (χ3n) is 3.46. The van der Waals surface area contributed by atoms with E-state index in [4.69, 9.17) is 9.47 Å². The van der Waals surface area contributed by atoms with Crippen molar-refractivity contribution in [1.29, 1.82) is 0 Å². The van der Waals surface area contributed by atoms with E-state index in [0.717, 1.165) is 24.9 Å². The summed E-state index contributed by atoms with van der Waals surface area (Å²) in [5, 5.41) is 13.5. The summed E-state index contributed by atoms with van der Waals surface area (Å²) in [5.74, 6) is 1.51. The predicted octanol–water partition coefficient (Wildman–Crippen LogP) is 2.09. The van der Waals surface area contributed by atoms with E-state index in [2.05, 4.69) is 5.32 Å². The van der Waals surface area contributed by atoms with Crippen molar-refractivity contribution in [2.24, 2.45) is 0 Å². The zero-order valence-electron chi connectivity index (χ0n) is 11.0. The fourth-order valence-corrected chi connectivity index (χ4v) is 2.44. The quantitative estimate of drug-likeness (QED) is 0.860. The highest BCUT2D eigenvalue weighted by Gasteiger charge is 2.17. The second-order valence-electron chi connectivity index (χ2n) is 4.69. The van der Waals surface area contributed by atoms with Gasteiger partial charge in [0, 0.05) is 12.1 Å². The topological polar surface area (TPSA) is 50.7 Å². The maximum Gasteiger partial charge on any atom is 0.164 e. The molecule has 0 bridgehead atoms. The first-order chi connectivity index (χ1) is 8.74. The van der Waals surface area contributed by atoms with Crippen LogP contribution in [0.4, 0.5) is 0 Å². The number of piperidine rings is 1. The van der Waals surface area contributed by atoms with Gasteiger partial charge >= 0.3 is 0 Å². The number of hydrogen-bond donors (Lipinski definition) is 2. The lowest BCUT2D eigenvalue weighted by molar-refractivity contribution is 0.348. The Kier molecular flexibility index (Phi) is 4.31. The number of methoxy groups -OCH3 is 2. The molecule has 0 aromatic heterocycles. The highest BCUT2D eigenvalue weighted by molar-refractivity contribution is 5.50. The highest BCUT2D eigenvalue weighted by Crippen LogP contribution is 2.34. The average Bonchev–Trinajstić information content (AvgIpc) is 2.41. The standard InChI is InChI=1S/C14H21NO3/c1-17-13-8-10(12(16)9-14(13)18-2)7-11-5-3-4-6-15-11/h8-9,11,15-16H,3-7H2,1-2H3. The Bertz CT molecular complexity index is 400. The van der Waals surface area contributed by atoms with Crippen molar-refractivity contribution in [3.05, 3.63) is 17.7 Å². The molecule has 1 heterocycles. The average molecular weight is 251 g/mol. The molecule has 0 saturated carbocycles. The number of benzene rings is 1. The molecule has 4 heteroatoms. The van der Waals surface area contributed by atoms with E-state index in [9.17, 15) is 5.11 Å². The maximum atomic E-state index is 10.0. The Morgan fingerprint density at radius 3 is 2.56 bits per heavy atom. The van der Waals surface area contributed by atoms with Gasteiger partial charge in [0.1, 0.15) is 5.75 Å². The molecular weight excluding hydrogens is 230 g/mol. The SMILES string of the molecule is COc1cc(O)c(CC2CCCCN2)cc1OC. The van der Waals surface area contributed by atoms with Gasteiger partial charge in [0.2, 0.25) is 0 Å². The fourth-order valence-electron chi connectivity index (χ4n) is 2.44. The molecule has 1 atom stereocenters. The van der Waals surface area contributed by atoms with Gasteiger partial charge in [0.05, 0.1) is 14.2 Å². The Balaban J connectivity index is 2.16. The van der Waals surface area contributed by atoms with E-state index in [-0.39, 0.29) is 5.75 Å². The molecule has 2 rings (SSSR count). The summed E-state index contributed by atoms with van der Waals surface area (Å²) in [4.78, 5) is 0. The van der Waals surface area contributed by atoms with Crippen LogP contribution in [0.5, 0.6) is 17.2 Å². The minimum atomic E-state index is 0.278. The van der Waals surface area contributed by atoms with Crippen LogP contribution in [-0.4, -0.2) is 31.9 Å². The molecule has 0 radical (unpaired) electrons. The molecule has 4 nitrogen and oxygen atoms in total. The molecular formula is C14H21NO3. The number of rotatable bonds is 4. The highest BCUT2D eigenvalue weighted by atomic mass is 16.5. The van der Waals surface area contributed by atoms with Gasteiger partial charge < -0.3 is 19.9 Å². The summed E-state index contributed by atoms with van der Waals surface area (Å²) in [6.07, 6.45) is 4.49. The van der Waals surface area contributed by atoms with Crippen LogP contribution in [0.2, 0.25) is 0 Å². The molecule has 1 aromatic carbocycles. The molecule has 1 aromatic rings. The van der Waals surface area contributed by atoms with Crippen molar-refractivity contribution in [3.63, 3.8) is 0 Å². The van der Waals surface area contributed by atoms with Gasteiger partial charge in [-0.2, -0.15) is 0 Å². The van der Waals surface area contributed by atoms with Crippen molar-refractivity contribution in [1.82, 2.24) is 5.32 Å². The molecule has 1 unspecified atom stereocenters. The lowest BCUT2D eigenvalue weighted by Crippen LogP contribution is -2.35. The molecule has 18 heavy (non-hydrogen) atoms. The van der Waals surface area contributed by atoms with E-state index >= 15 is 0 Å². The largest absolute Gasteiger partial charge is 0.508 e. The summed E-state index contributed by atoms with van der Waals surface area (Å²) in [6.45, 7) is 1.07. The molecule has 1 fully saturated rings. The van der Waals surface area contributed by atoms with E-state index in [0.29, 0.717) is 17.5 Å².